The number of carboxylic acids is 1. The monoisotopic (exact) mass is 315 g/mol. The van der Waals surface area contributed by atoms with E-state index in [1.807, 2.05) is 4.90 Å². The molecule has 1 aromatic heterocycles. The molecule has 1 aromatic rings. The third-order valence-corrected chi connectivity index (χ3v) is 3.32. The maximum atomic E-state index is 10.6. The van der Waals surface area contributed by atoms with Gasteiger partial charge in [-0.05, 0) is 15.9 Å². The Balaban J connectivity index is 2.04. The number of rotatable bonds is 4. The van der Waals surface area contributed by atoms with Gasteiger partial charge in [0.1, 0.15) is 12.0 Å². The Bertz CT molecular complexity index is 502. The van der Waals surface area contributed by atoms with E-state index in [2.05, 4.69) is 20.9 Å². The van der Waals surface area contributed by atoms with E-state index >= 15 is 0 Å². The molecular weight excluding hydrogens is 306 g/mol. The number of carboxylic acid groups (broad SMARTS) is 1. The first-order valence-electron chi connectivity index (χ1n) is 5.24. The molecule has 1 saturated heterocycles. The molecule has 0 spiro atoms. The van der Waals surface area contributed by atoms with E-state index < -0.39 is 10.9 Å². The van der Waals surface area contributed by atoms with Crippen molar-refractivity contribution in [2.24, 2.45) is 5.92 Å². The van der Waals surface area contributed by atoms with Crippen LogP contribution < -0.4 is 4.90 Å². The van der Waals surface area contributed by atoms with Crippen LogP contribution in [0.2, 0.25) is 0 Å². The Morgan fingerprint density at radius 3 is 2.83 bits per heavy atom. The smallest absolute Gasteiger partial charge is 0.303 e. The predicted molar refractivity (Wildman–Crippen MR) is 66.5 cm³/mol. The molecule has 2 heterocycles. The summed E-state index contributed by atoms with van der Waals surface area (Å²) in [5.74, 6) is -0.0796. The van der Waals surface area contributed by atoms with Gasteiger partial charge in [-0.3, -0.25) is 14.9 Å². The summed E-state index contributed by atoms with van der Waals surface area (Å²) in [4.78, 5) is 26.5. The molecule has 1 aliphatic rings. The van der Waals surface area contributed by atoms with Crippen LogP contribution in [0.25, 0.3) is 0 Å². The first-order chi connectivity index (χ1) is 8.47. The van der Waals surface area contributed by atoms with E-state index in [4.69, 9.17) is 5.11 Å². The summed E-state index contributed by atoms with van der Waals surface area (Å²) in [7, 11) is 0. The maximum absolute atomic E-state index is 10.6. The number of pyridine rings is 1. The van der Waals surface area contributed by atoms with Crippen molar-refractivity contribution in [3.05, 3.63) is 26.9 Å². The number of aliphatic carboxylic acids is 1. The number of anilines is 1. The number of halogens is 1. The van der Waals surface area contributed by atoms with Gasteiger partial charge >= 0.3 is 5.97 Å². The number of aromatic nitrogens is 1. The van der Waals surface area contributed by atoms with E-state index in [1.54, 1.807) is 0 Å². The first kappa shape index (κ1) is 12.7. The van der Waals surface area contributed by atoms with Crippen LogP contribution >= 0.6 is 15.9 Å². The summed E-state index contributed by atoms with van der Waals surface area (Å²) >= 11 is 3.24. The van der Waals surface area contributed by atoms with Gasteiger partial charge in [0.05, 0.1) is 15.8 Å². The standard InChI is InChI=1S/C10H10BrN3O4/c11-8-2-7(14(17)18)3-12-10(8)13-4-6(5-13)1-9(15)16/h2-3,6H,1,4-5H2,(H,15,16). The normalized spacial score (nSPS) is 15.3. The second kappa shape index (κ2) is 4.89. The predicted octanol–water partition coefficient (Wildman–Crippen LogP) is 1.66. The van der Waals surface area contributed by atoms with Crippen LogP contribution in [0.5, 0.6) is 0 Å². The third-order valence-electron chi connectivity index (χ3n) is 2.74. The summed E-state index contributed by atoms with van der Waals surface area (Å²) in [6, 6.07) is 1.40. The van der Waals surface area contributed by atoms with Crippen molar-refractivity contribution in [1.82, 2.24) is 4.98 Å². The van der Waals surface area contributed by atoms with Crippen LogP contribution in [0, 0.1) is 16.0 Å². The SMILES string of the molecule is O=C(O)CC1CN(c2ncc([N+](=O)[O-])cc2Br)C1. The van der Waals surface area contributed by atoms with Crippen LogP contribution in [0.1, 0.15) is 6.42 Å². The first-order valence-corrected chi connectivity index (χ1v) is 6.03. The number of nitro groups is 1. The average Bonchev–Trinajstić information content (AvgIpc) is 2.23. The molecule has 18 heavy (non-hydrogen) atoms. The fourth-order valence-corrected chi connectivity index (χ4v) is 2.46. The number of hydrogen-bond donors (Lipinski definition) is 1. The minimum Gasteiger partial charge on any atom is -0.481 e. The van der Waals surface area contributed by atoms with Crippen molar-refractivity contribution >= 4 is 33.4 Å². The Labute approximate surface area is 111 Å². The van der Waals surface area contributed by atoms with Crippen LogP contribution in [-0.2, 0) is 4.79 Å². The van der Waals surface area contributed by atoms with Gasteiger partial charge in [-0.2, -0.15) is 0 Å². The maximum Gasteiger partial charge on any atom is 0.303 e. The topological polar surface area (TPSA) is 96.6 Å². The van der Waals surface area contributed by atoms with Gasteiger partial charge in [0.25, 0.3) is 5.69 Å². The average molecular weight is 316 g/mol. The fourth-order valence-electron chi connectivity index (χ4n) is 1.87. The van der Waals surface area contributed by atoms with Gasteiger partial charge < -0.3 is 10.0 Å². The lowest BCUT2D eigenvalue weighted by Crippen LogP contribution is -2.48. The van der Waals surface area contributed by atoms with Gasteiger partial charge in [-0.25, -0.2) is 4.98 Å². The summed E-state index contributed by atoms with van der Waals surface area (Å²) in [5, 5.41) is 19.2. The molecule has 2 rings (SSSR count). The highest BCUT2D eigenvalue weighted by Crippen LogP contribution is 2.32. The summed E-state index contributed by atoms with van der Waals surface area (Å²) in [6.07, 6.45) is 1.34. The van der Waals surface area contributed by atoms with Crippen molar-refractivity contribution in [2.75, 3.05) is 18.0 Å². The zero-order valence-corrected chi connectivity index (χ0v) is 10.8. The van der Waals surface area contributed by atoms with Crippen LogP contribution in [0.15, 0.2) is 16.7 Å². The fraction of sp³-hybridized carbons (Fsp3) is 0.400. The van der Waals surface area contributed by atoms with Crippen molar-refractivity contribution in [1.29, 1.82) is 0 Å². The molecule has 0 unspecified atom stereocenters. The molecule has 7 nitrogen and oxygen atoms in total. The van der Waals surface area contributed by atoms with Crippen LogP contribution in [0.4, 0.5) is 11.5 Å². The second-order valence-corrected chi connectivity index (χ2v) is 4.98. The molecular formula is C10H10BrN3O4. The molecule has 0 aliphatic carbocycles. The van der Waals surface area contributed by atoms with Gasteiger partial charge in [0.15, 0.2) is 0 Å². The molecule has 1 fully saturated rings. The lowest BCUT2D eigenvalue weighted by atomic mass is 9.96. The molecule has 0 radical (unpaired) electrons. The lowest BCUT2D eigenvalue weighted by molar-refractivity contribution is -0.385. The summed E-state index contributed by atoms with van der Waals surface area (Å²) < 4.78 is 0.547. The third kappa shape index (κ3) is 2.58. The Morgan fingerprint density at radius 2 is 2.33 bits per heavy atom. The van der Waals surface area contributed by atoms with Crippen LogP contribution in [0.3, 0.4) is 0 Å². The molecule has 1 aliphatic heterocycles. The molecule has 0 atom stereocenters. The van der Waals surface area contributed by atoms with Gasteiger partial charge in [0.2, 0.25) is 0 Å². The number of nitrogens with zero attached hydrogens (tertiary/aromatic N) is 3. The second-order valence-electron chi connectivity index (χ2n) is 4.12. The van der Waals surface area contributed by atoms with Gasteiger partial charge in [0, 0.05) is 25.1 Å². The van der Waals surface area contributed by atoms with E-state index in [-0.39, 0.29) is 18.0 Å². The lowest BCUT2D eigenvalue weighted by Gasteiger charge is -2.39. The van der Waals surface area contributed by atoms with Gasteiger partial charge in [-0.1, -0.05) is 0 Å². The zero-order chi connectivity index (χ0) is 13.3. The minimum atomic E-state index is -0.810. The number of hydrogen-bond acceptors (Lipinski definition) is 5. The Morgan fingerprint density at radius 1 is 1.67 bits per heavy atom. The van der Waals surface area contributed by atoms with Crippen LogP contribution in [-0.4, -0.2) is 34.1 Å². The van der Waals surface area contributed by atoms with Gasteiger partial charge in [-0.15, -0.1) is 0 Å². The Hall–Kier alpha value is -1.70. The molecule has 0 aromatic carbocycles. The number of carbonyl (C=O) groups is 1. The minimum absolute atomic E-state index is 0.0757. The molecule has 8 heteroatoms. The molecule has 0 saturated carbocycles. The quantitative estimate of drug-likeness (QED) is 0.670. The summed E-state index contributed by atoms with van der Waals surface area (Å²) in [5.41, 5.74) is -0.0757. The van der Waals surface area contributed by atoms with E-state index in [0.29, 0.717) is 23.4 Å². The van der Waals surface area contributed by atoms with Crippen molar-refractivity contribution in [2.45, 2.75) is 6.42 Å². The zero-order valence-electron chi connectivity index (χ0n) is 9.24. The largest absolute Gasteiger partial charge is 0.481 e. The highest BCUT2D eigenvalue weighted by molar-refractivity contribution is 9.10. The van der Waals surface area contributed by atoms with E-state index in [1.165, 1.54) is 12.3 Å². The molecule has 96 valence electrons. The summed E-state index contributed by atoms with van der Waals surface area (Å²) in [6.45, 7) is 1.21. The van der Waals surface area contributed by atoms with Crippen molar-refractivity contribution < 1.29 is 14.8 Å². The van der Waals surface area contributed by atoms with E-state index in [0.717, 1.165) is 0 Å². The van der Waals surface area contributed by atoms with Crippen molar-refractivity contribution in [3.8, 4) is 0 Å². The highest BCUT2D eigenvalue weighted by atomic mass is 79.9. The van der Waals surface area contributed by atoms with E-state index in [9.17, 15) is 14.9 Å². The highest BCUT2D eigenvalue weighted by Gasteiger charge is 2.31. The molecule has 0 amide bonds. The Kier molecular flexibility index (Phi) is 3.46. The molecule has 0 bridgehead atoms. The van der Waals surface area contributed by atoms with Crippen molar-refractivity contribution in [3.63, 3.8) is 0 Å². The molecule has 1 N–H and O–H groups in total.